The molecule has 1 amide bonds. The van der Waals surface area contributed by atoms with Crippen LogP contribution in [-0.2, 0) is 0 Å². The third-order valence-corrected chi connectivity index (χ3v) is 3.79. The molecule has 4 heteroatoms. The molecule has 0 N–H and O–H groups in total. The molecule has 2 aromatic rings. The zero-order chi connectivity index (χ0) is 15.4. The number of piperazine rings is 1. The number of carbonyl (C=O) groups is 1. The van der Waals surface area contributed by atoms with Gasteiger partial charge in [0.05, 0.1) is 0 Å². The number of rotatable bonds is 2. The van der Waals surface area contributed by atoms with Crippen LogP contribution < -0.4 is 4.90 Å². The standard InChI is InChI=1S/C18H16N3O/c1-2-15-6-5-7-16(14-15)18(22)21-12-10-20(11-13-21)17-8-3-4-9-19-17/h3-9,14H,10-13H2. The Morgan fingerprint density at radius 2 is 1.91 bits per heavy atom. The van der Waals surface area contributed by atoms with Gasteiger partial charge in [-0.05, 0) is 36.8 Å². The predicted octanol–water partition coefficient (Wildman–Crippen LogP) is 1.98. The van der Waals surface area contributed by atoms with Gasteiger partial charge in [-0.1, -0.05) is 18.1 Å². The second-order valence-corrected chi connectivity index (χ2v) is 5.17. The maximum absolute atomic E-state index is 12.5. The van der Waals surface area contributed by atoms with E-state index in [-0.39, 0.29) is 5.91 Å². The zero-order valence-electron chi connectivity index (χ0n) is 12.2. The minimum absolute atomic E-state index is 0.0118. The second kappa shape index (κ2) is 6.31. The molecule has 1 aliphatic rings. The van der Waals surface area contributed by atoms with E-state index in [1.165, 1.54) is 0 Å². The van der Waals surface area contributed by atoms with Crippen molar-refractivity contribution < 1.29 is 4.79 Å². The molecule has 0 saturated carbocycles. The molecular formula is C18H16N3O. The Morgan fingerprint density at radius 3 is 2.59 bits per heavy atom. The number of amides is 1. The fourth-order valence-corrected chi connectivity index (χ4v) is 2.59. The third kappa shape index (κ3) is 2.94. The maximum atomic E-state index is 12.5. The average Bonchev–Trinajstić information content (AvgIpc) is 2.62. The number of benzene rings is 1. The Morgan fingerprint density at radius 1 is 1.09 bits per heavy atom. The van der Waals surface area contributed by atoms with Crippen LogP contribution in [0, 0.1) is 12.3 Å². The van der Waals surface area contributed by atoms with Crippen molar-refractivity contribution in [2.45, 2.75) is 0 Å². The van der Waals surface area contributed by atoms with Crippen LogP contribution in [0.4, 0.5) is 5.82 Å². The maximum Gasteiger partial charge on any atom is 0.254 e. The first kappa shape index (κ1) is 14.2. The van der Waals surface area contributed by atoms with Gasteiger partial charge in [0.25, 0.3) is 5.91 Å². The highest BCUT2D eigenvalue weighted by atomic mass is 16.2. The van der Waals surface area contributed by atoms with Gasteiger partial charge in [0.1, 0.15) is 5.82 Å². The molecule has 4 nitrogen and oxygen atoms in total. The molecule has 1 aromatic heterocycles. The molecule has 22 heavy (non-hydrogen) atoms. The van der Waals surface area contributed by atoms with Gasteiger partial charge in [0.15, 0.2) is 0 Å². The summed E-state index contributed by atoms with van der Waals surface area (Å²) in [4.78, 5) is 20.9. The lowest BCUT2D eigenvalue weighted by molar-refractivity contribution is 0.0746. The Kier molecular flexibility index (Phi) is 4.06. The van der Waals surface area contributed by atoms with Gasteiger partial charge in [-0.25, -0.2) is 4.98 Å². The Bertz CT molecular complexity index is 698. The molecule has 1 fully saturated rings. The van der Waals surface area contributed by atoms with Crippen LogP contribution >= 0.6 is 0 Å². The number of hydrogen-bond acceptors (Lipinski definition) is 3. The van der Waals surface area contributed by atoms with E-state index in [2.05, 4.69) is 15.8 Å². The monoisotopic (exact) mass is 290 g/mol. The minimum Gasteiger partial charge on any atom is -0.353 e. The summed E-state index contributed by atoms with van der Waals surface area (Å²) in [6, 6.07) is 12.9. The molecule has 3 rings (SSSR count). The summed E-state index contributed by atoms with van der Waals surface area (Å²) in [5, 5.41) is 0. The van der Waals surface area contributed by atoms with Crippen LogP contribution in [0.5, 0.6) is 0 Å². The largest absolute Gasteiger partial charge is 0.353 e. The molecule has 2 heterocycles. The Balaban J connectivity index is 1.66. The summed E-state index contributed by atoms with van der Waals surface area (Å²) >= 11 is 0. The summed E-state index contributed by atoms with van der Waals surface area (Å²) in [6.45, 7) is 2.90. The van der Waals surface area contributed by atoms with Crippen molar-refractivity contribution in [2.75, 3.05) is 31.1 Å². The van der Waals surface area contributed by atoms with Gasteiger partial charge >= 0.3 is 0 Å². The van der Waals surface area contributed by atoms with Crippen molar-refractivity contribution in [1.82, 2.24) is 9.88 Å². The van der Waals surface area contributed by atoms with Gasteiger partial charge in [-0.3, -0.25) is 4.79 Å². The van der Waals surface area contributed by atoms with Crippen LogP contribution in [0.15, 0.2) is 48.7 Å². The van der Waals surface area contributed by atoms with Crippen molar-refractivity contribution in [3.8, 4) is 5.92 Å². The van der Waals surface area contributed by atoms with E-state index in [1.807, 2.05) is 23.1 Å². The van der Waals surface area contributed by atoms with E-state index in [4.69, 9.17) is 6.42 Å². The summed E-state index contributed by atoms with van der Waals surface area (Å²) in [5.74, 6) is 3.28. The second-order valence-electron chi connectivity index (χ2n) is 5.17. The number of anilines is 1. The topological polar surface area (TPSA) is 36.4 Å². The molecule has 109 valence electrons. The van der Waals surface area contributed by atoms with Gasteiger partial charge in [0, 0.05) is 43.5 Å². The first-order valence-corrected chi connectivity index (χ1v) is 7.26. The lowest BCUT2D eigenvalue weighted by atomic mass is 10.1. The fourth-order valence-electron chi connectivity index (χ4n) is 2.59. The summed E-state index contributed by atoms with van der Waals surface area (Å²) in [6.07, 6.45) is 8.94. The number of carbonyl (C=O) groups excluding carboxylic acids is 1. The molecule has 0 spiro atoms. The SMILES string of the molecule is [C]#Cc1cccc(C(=O)N2CCN(c3ccccn3)CC2)c1. The van der Waals surface area contributed by atoms with Crippen LogP contribution in [-0.4, -0.2) is 42.0 Å². The summed E-state index contributed by atoms with van der Waals surface area (Å²) in [5.41, 5.74) is 1.24. The third-order valence-electron chi connectivity index (χ3n) is 3.79. The highest BCUT2D eigenvalue weighted by molar-refractivity contribution is 5.94. The first-order chi connectivity index (χ1) is 10.8. The molecule has 1 radical (unpaired) electrons. The van der Waals surface area contributed by atoms with Crippen molar-refractivity contribution in [1.29, 1.82) is 0 Å². The predicted molar refractivity (Wildman–Crippen MR) is 85.0 cm³/mol. The van der Waals surface area contributed by atoms with E-state index < -0.39 is 0 Å². The van der Waals surface area contributed by atoms with E-state index in [1.54, 1.807) is 30.5 Å². The quantitative estimate of drug-likeness (QED) is 0.794. The number of aromatic nitrogens is 1. The smallest absolute Gasteiger partial charge is 0.254 e. The summed E-state index contributed by atoms with van der Waals surface area (Å²) in [7, 11) is 0. The van der Waals surface area contributed by atoms with Gasteiger partial charge < -0.3 is 9.80 Å². The average molecular weight is 290 g/mol. The molecule has 0 aliphatic carbocycles. The number of pyridine rings is 1. The van der Waals surface area contributed by atoms with E-state index in [9.17, 15) is 4.79 Å². The van der Waals surface area contributed by atoms with Crippen molar-refractivity contribution in [3.63, 3.8) is 0 Å². The molecule has 0 bridgehead atoms. The molecule has 1 aliphatic heterocycles. The first-order valence-electron chi connectivity index (χ1n) is 7.26. The lowest BCUT2D eigenvalue weighted by Crippen LogP contribution is -2.49. The lowest BCUT2D eigenvalue weighted by Gasteiger charge is -2.35. The Hall–Kier alpha value is -2.80. The molecule has 1 aromatic carbocycles. The van der Waals surface area contributed by atoms with Crippen molar-refractivity contribution in [3.05, 3.63) is 66.2 Å². The van der Waals surface area contributed by atoms with Gasteiger partial charge in [-0.2, -0.15) is 0 Å². The minimum atomic E-state index is 0.0118. The molecular weight excluding hydrogens is 274 g/mol. The molecule has 0 atom stereocenters. The summed E-state index contributed by atoms with van der Waals surface area (Å²) < 4.78 is 0. The van der Waals surface area contributed by atoms with Crippen LogP contribution in [0.1, 0.15) is 15.9 Å². The van der Waals surface area contributed by atoms with Crippen LogP contribution in [0.25, 0.3) is 0 Å². The van der Waals surface area contributed by atoms with Gasteiger partial charge in [0.2, 0.25) is 0 Å². The normalized spacial score (nSPS) is 14.5. The number of hydrogen-bond donors (Lipinski definition) is 0. The molecule has 1 saturated heterocycles. The molecule has 0 unspecified atom stereocenters. The Labute approximate surface area is 130 Å². The zero-order valence-corrected chi connectivity index (χ0v) is 12.2. The van der Waals surface area contributed by atoms with Crippen LogP contribution in [0.2, 0.25) is 0 Å². The highest BCUT2D eigenvalue weighted by Crippen LogP contribution is 2.15. The number of nitrogens with zero attached hydrogens (tertiary/aromatic N) is 3. The van der Waals surface area contributed by atoms with Crippen molar-refractivity contribution >= 4 is 11.7 Å². The fraction of sp³-hybridized carbons (Fsp3) is 0.222. The van der Waals surface area contributed by atoms with E-state index >= 15 is 0 Å². The van der Waals surface area contributed by atoms with Gasteiger partial charge in [-0.15, -0.1) is 0 Å². The highest BCUT2D eigenvalue weighted by Gasteiger charge is 2.22. The van der Waals surface area contributed by atoms with Crippen LogP contribution in [0.3, 0.4) is 0 Å². The van der Waals surface area contributed by atoms with E-state index in [0.717, 1.165) is 18.9 Å². The van der Waals surface area contributed by atoms with E-state index in [0.29, 0.717) is 24.2 Å². The van der Waals surface area contributed by atoms with Crippen molar-refractivity contribution in [2.24, 2.45) is 0 Å².